The van der Waals surface area contributed by atoms with Crippen LogP contribution in [0.4, 0.5) is 5.69 Å². The number of ether oxygens (including phenoxy) is 1. The van der Waals surface area contributed by atoms with E-state index in [0.717, 1.165) is 38.3 Å². The zero-order valence-corrected chi connectivity index (χ0v) is 11.0. The fourth-order valence-corrected chi connectivity index (χ4v) is 2.27. The first kappa shape index (κ1) is 12.9. The van der Waals surface area contributed by atoms with Crippen molar-refractivity contribution in [2.75, 3.05) is 24.6 Å². The molecule has 98 valence electrons. The molecule has 0 saturated carbocycles. The summed E-state index contributed by atoms with van der Waals surface area (Å²) in [6.07, 6.45) is 3.31. The van der Waals surface area contributed by atoms with Gasteiger partial charge in [0.15, 0.2) is 0 Å². The average molecular weight is 247 g/mol. The molecule has 0 atom stereocenters. The minimum Gasteiger partial charge on any atom is -0.491 e. The Balaban J connectivity index is 1.97. The van der Waals surface area contributed by atoms with E-state index in [1.54, 1.807) is 0 Å². The number of nitrogens with zero attached hydrogens (tertiary/aromatic N) is 1. The second-order valence-corrected chi connectivity index (χ2v) is 4.65. The van der Waals surface area contributed by atoms with E-state index in [1.165, 1.54) is 5.69 Å². The molecule has 1 aliphatic heterocycles. The van der Waals surface area contributed by atoms with Gasteiger partial charge in [-0.3, -0.25) is 4.79 Å². The lowest BCUT2D eigenvalue weighted by molar-refractivity contribution is -0.118. The number of para-hydroxylation sites is 2. The van der Waals surface area contributed by atoms with E-state index in [4.69, 9.17) is 4.74 Å². The third kappa shape index (κ3) is 3.25. The maximum Gasteiger partial charge on any atom is 0.142 e. The first-order valence-corrected chi connectivity index (χ1v) is 6.79. The van der Waals surface area contributed by atoms with E-state index >= 15 is 0 Å². The molecule has 3 nitrogen and oxygen atoms in total. The van der Waals surface area contributed by atoms with Gasteiger partial charge in [0.05, 0.1) is 12.3 Å². The van der Waals surface area contributed by atoms with Crippen molar-refractivity contribution in [3.8, 4) is 5.75 Å². The summed E-state index contributed by atoms with van der Waals surface area (Å²) in [7, 11) is 0. The van der Waals surface area contributed by atoms with Gasteiger partial charge in [-0.25, -0.2) is 0 Å². The summed E-state index contributed by atoms with van der Waals surface area (Å²) in [6, 6.07) is 8.16. The molecule has 0 aromatic heterocycles. The number of hydrogen-bond acceptors (Lipinski definition) is 3. The van der Waals surface area contributed by atoms with Gasteiger partial charge in [0.1, 0.15) is 11.5 Å². The first-order chi connectivity index (χ1) is 8.81. The summed E-state index contributed by atoms with van der Waals surface area (Å²) in [5, 5.41) is 0. The maximum atomic E-state index is 11.3. The molecule has 1 heterocycles. The lowest BCUT2D eigenvalue weighted by atomic mass is 10.1. The highest BCUT2D eigenvalue weighted by Crippen LogP contribution is 2.30. The van der Waals surface area contributed by atoms with Crippen LogP contribution in [0.5, 0.6) is 5.75 Å². The van der Waals surface area contributed by atoms with Gasteiger partial charge in [-0.1, -0.05) is 19.1 Å². The predicted octanol–water partition coefficient (Wildman–Crippen LogP) is 3.03. The van der Waals surface area contributed by atoms with E-state index < -0.39 is 0 Å². The number of ketones is 1. The molecule has 0 saturated heterocycles. The Morgan fingerprint density at radius 2 is 2.22 bits per heavy atom. The normalized spacial score (nSPS) is 14.6. The van der Waals surface area contributed by atoms with Gasteiger partial charge >= 0.3 is 0 Å². The Morgan fingerprint density at radius 1 is 1.39 bits per heavy atom. The molecule has 0 unspecified atom stereocenters. The van der Waals surface area contributed by atoms with E-state index in [0.29, 0.717) is 18.6 Å². The summed E-state index contributed by atoms with van der Waals surface area (Å²) >= 11 is 0. The second-order valence-electron chi connectivity index (χ2n) is 4.65. The SMILES string of the molecule is CCC(=O)CCCN1CCCOc2ccccc21. The minimum absolute atomic E-state index is 0.356. The summed E-state index contributed by atoms with van der Waals surface area (Å²) in [5.74, 6) is 1.33. The maximum absolute atomic E-state index is 11.3. The number of hydrogen-bond donors (Lipinski definition) is 0. The lowest BCUT2D eigenvalue weighted by Crippen LogP contribution is -2.25. The molecule has 1 aliphatic rings. The van der Waals surface area contributed by atoms with Gasteiger partial charge in [-0.05, 0) is 25.0 Å². The van der Waals surface area contributed by atoms with Crippen LogP contribution in [0, 0.1) is 0 Å². The van der Waals surface area contributed by atoms with Crippen LogP contribution < -0.4 is 9.64 Å². The van der Waals surface area contributed by atoms with Gasteiger partial charge in [0.25, 0.3) is 0 Å². The molecule has 3 heteroatoms. The second kappa shape index (κ2) is 6.43. The molecule has 1 aromatic carbocycles. The molecule has 18 heavy (non-hydrogen) atoms. The molecule has 0 fully saturated rings. The Morgan fingerprint density at radius 3 is 3.06 bits per heavy atom. The third-order valence-corrected chi connectivity index (χ3v) is 3.31. The number of carbonyl (C=O) groups is 1. The minimum atomic E-state index is 0.356. The molecule has 1 aromatic rings. The predicted molar refractivity (Wildman–Crippen MR) is 73.3 cm³/mol. The fourth-order valence-electron chi connectivity index (χ4n) is 2.27. The first-order valence-electron chi connectivity index (χ1n) is 6.79. The van der Waals surface area contributed by atoms with E-state index in [9.17, 15) is 4.79 Å². The van der Waals surface area contributed by atoms with Crippen molar-refractivity contribution in [2.45, 2.75) is 32.6 Å². The molecule has 0 spiro atoms. The monoisotopic (exact) mass is 247 g/mol. The molecule has 0 aliphatic carbocycles. The largest absolute Gasteiger partial charge is 0.491 e. The van der Waals surface area contributed by atoms with Gasteiger partial charge in [0.2, 0.25) is 0 Å². The molecule has 0 N–H and O–H groups in total. The van der Waals surface area contributed by atoms with Gasteiger partial charge in [-0.2, -0.15) is 0 Å². The third-order valence-electron chi connectivity index (χ3n) is 3.31. The average Bonchev–Trinajstić information content (AvgIpc) is 2.61. The highest BCUT2D eigenvalue weighted by atomic mass is 16.5. The quantitative estimate of drug-likeness (QED) is 0.801. The summed E-state index contributed by atoms with van der Waals surface area (Å²) < 4.78 is 5.72. The Labute approximate surface area is 109 Å². The van der Waals surface area contributed by atoms with Crippen molar-refractivity contribution in [1.82, 2.24) is 0 Å². The summed E-state index contributed by atoms with van der Waals surface area (Å²) in [4.78, 5) is 13.7. The standard InChI is InChI=1S/C15H21NO2/c1-2-13(17)7-5-10-16-11-6-12-18-15-9-4-3-8-14(15)16/h3-4,8-9H,2,5-7,10-12H2,1H3. The molecule has 0 bridgehead atoms. The smallest absolute Gasteiger partial charge is 0.142 e. The lowest BCUT2D eigenvalue weighted by Gasteiger charge is -2.23. The van der Waals surface area contributed by atoms with Crippen molar-refractivity contribution in [3.63, 3.8) is 0 Å². The van der Waals surface area contributed by atoms with E-state index in [1.807, 2.05) is 25.1 Å². The van der Waals surface area contributed by atoms with Gasteiger partial charge in [0, 0.05) is 25.9 Å². The summed E-state index contributed by atoms with van der Waals surface area (Å²) in [6.45, 7) is 4.66. The Hall–Kier alpha value is -1.51. The van der Waals surface area contributed by atoms with Gasteiger partial charge < -0.3 is 9.64 Å². The fraction of sp³-hybridized carbons (Fsp3) is 0.533. The van der Waals surface area contributed by atoms with Crippen LogP contribution in [0.15, 0.2) is 24.3 Å². The molecule has 0 radical (unpaired) electrons. The molecular formula is C15H21NO2. The van der Waals surface area contributed by atoms with Crippen molar-refractivity contribution in [3.05, 3.63) is 24.3 Å². The number of anilines is 1. The molecule has 0 amide bonds. The van der Waals surface area contributed by atoms with E-state index in [2.05, 4.69) is 11.0 Å². The highest BCUT2D eigenvalue weighted by molar-refractivity contribution is 5.78. The van der Waals surface area contributed by atoms with Crippen LogP contribution in [-0.2, 0) is 4.79 Å². The van der Waals surface area contributed by atoms with Crippen LogP contribution >= 0.6 is 0 Å². The number of fused-ring (bicyclic) bond motifs is 1. The highest BCUT2D eigenvalue weighted by Gasteiger charge is 2.15. The van der Waals surface area contributed by atoms with Crippen LogP contribution in [0.2, 0.25) is 0 Å². The number of Topliss-reactive ketones (excluding diaryl/α,β-unsaturated/α-hetero) is 1. The van der Waals surface area contributed by atoms with Crippen molar-refractivity contribution in [2.24, 2.45) is 0 Å². The van der Waals surface area contributed by atoms with Crippen molar-refractivity contribution in [1.29, 1.82) is 0 Å². The van der Waals surface area contributed by atoms with Crippen molar-refractivity contribution >= 4 is 11.5 Å². The molecular weight excluding hydrogens is 226 g/mol. The van der Waals surface area contributed by atoms with Crippen LogP contribution in [-0.4, -0.2) is 25.5 Å². The van der Waals surface area contributed by atoms with E-state index in [-0.39, 0.29) is 0 Å². The Bertz CT molecular complexity index is 403. The summed E-state index contributed by atoms with van der Waals surface area (Å²) in [5.41, 5.74) is 1.17. The van der Waals surface area contributed by atoms with Crippen LogP contribution in [0.3, 0.4) is 0 Å². The molecule has 2 rings (SSSR count). The van der Waals surface area contributed by atoms with Crippen LogP contribution in [0.25, 0.3) is 0 Å². The van der Waals surface area contributed by atoms with Crippen LogP contribution in [0.1, 0.15) is 32.6 Å². The number of carbonyl (C=O) groups excluding carboxylic acids is 1. The zero-order valence-electron chi connectivity index (χ0n) is 11.0. The zero-order chi connectivity index (χ0) is 12.8. The Kier molecular flexibility index (Phi) is 4.62. The van der Waals surface area contributed by atoms with Crippen molar-refractivity contribution < 1.29 is 9.53 Å². The number of benzene rings is 1. The number of rotatable bonds is 5. The van der Waals surface area contributed by atoms with Gasteiger partial charge in [-0.15, -0.1) is 0 Å². The topological polar surface area (TPSA) is 29.5 Å².